The van der Waals surface area contributed by atoms with Crippen LogP contribution in [0.25, 0.3) is 0 Å². The van der Waals surface area contributed by atoms with Crippen molar-refractivity contribution in [1.29, 1.82) is 0 Å². The van der Waals surface area contributed by atoms with E-state index in [1.54, 1.807) is 6.92 Å². The Labute approximate surface area is 109 Å². The second kappa shape index (κ2) is 5.69. The Morgan fingerprint density at radius 2 is 1.56 bits per heavy atom. The van der Waals surface area contributed by atoms with Gasteiger partial charge in [0.15, 0.2) is 0 Å². The molecule has 1 atom stereocenters. The zero-order chi connectivity index (χ0) is 13.1. The van der Waals surface area contributed by atoms with Crippen molar-refractivity contribution in [3.8, 4) is 0 Å². The van der Waals surface area contributed by atoms with E-state index in [2.05, 4.69) is 4.90 Å². The largest absolute Gasteiger partial charge is 0.339 e. The van der Waals surface area contributed by atoms with Crippen LogP contribution in [-0.4, -0.2) is 72.3 Å². The number of carbonyl (C=O) groups is 2. The van der Waals surface area contributed by atoms with E-state index in [1.807, 2.05) is 16.8 Å². The van der Waals surface area contributed by atoms with Crippen LogP contribution in [0.3, 0.4) is 0 Å². The molecular weight excluding hydrogens is 230 g/mol. The molecule has 0 bridgehead atoms. The highest BCUT2D eigenvalue weighted by Gasteiger charge is 2.31. The molecule has 2 fully saturated rings. The number of piperazine rings is 1. The summed E-state index contributed by atoms with van der Waals surface area (Å²) in [6.45, 7) is 5.33. The van der Waals surface area contributed by atoms with Crippen LogP contribution < -0.4 is 0 Å². The Morgan fingerprint density at radius 1 is 0.944 bits per heavy atom. The standard InChI is InChI=1S/C13H23N3O2/c1-11(17)15-7-9-16(10-8-15)13(18)12-5-3-4-6-14(12)2/h12H,3-10H2,1-2H3. The number of likely N-dealkylation sites (tertiary alicyclic amines) is 1. The maximum atomic E-state index is 12.4. The molecule has 0 aromatic heterocycles. The molecule has 1 unspecified atom stereocenters. The molecule has 0 aliphatic carbocycles. The van der Waals surface area contributed by atoms with Gasteiger partial charge in [-0.05, 0) is 26.4 Å². The van der Waals surface area contributed by atoms with Crippen molar-refractivity contribution in [1.82, 2.24) is 14.7 Å². The maximum Gasteiger partial charge on any atom is 0.240 e. The van der Waals surface area contributed by atoms with Gasteiger partial charge in [0.1, 0.15) is 0 Å². The Hall–Kier alpha value is -1.10. The fourth-order valence-electron chi connectivity index (χ4n) is 2.84. The van der Waals surface area contributed by atoms with Crippen molar-refractivity contribution >= 4 is 11.8 Å². The first-order chi connectivity index (χ1) is 8.59. The smallest absolute Gasteiger partial charge is 0.240 e. The molecule has 0 aromatic carbocycles. The summed E-state index contributed by atoms with van der Waals surface area (Å²) in [5.74, 6) is 0.359. The van der Waals surface area contributed by atoms with E-state index in [-0.39, 0.29) is 17.9 Å². The molecule has 0 radical (unpaired) electrons. The molecule has 2 aliphatic heterocycles. The number of rotatable bonds is 1. The number of likely N-dealkylation sites (N-methyl/N-ethyl adjacent to an activating group) is 1. The summed E-state index contributed by atoms with van der Waals surface area (Å²) in [4.78, 5) is 29.6. The predicted molar refractivity (Wildman–Crippen MR) is 69.1 cm³/mol. The molecule has 2 rings (SSSR count). The molecule has 18 heavy (non-hydrogen) atoms. The van der Waals surface area contributed by atoms with Crippen LogP contribution in [0.4, 0.5) is 0 Å². The average Bonchev–Trinajstić information content (AvgIpc) is 2.38. The summed E-state index contributed by atoms with van der Waals surface area (Å²) in [5, 5.41) is 0. The van der Waals surface area contributed by atoms with Gasteiger partial charge in [-0.3, -0.25) is 14.5 Å². The molecule has 2 saturated heterocycles. The summed E-state index contributed by atoms with van der Waals surface area (Å²) in [7, 11) is 2.04. The first-order valence-corrected chi connectivity index (χ1v) is 6.84. The highest BCUT2D eigenvalue weighted by Crippen LogP contribution is 2.18. The minimum absolute atomic E-state index is 0.0580. The lowest BCUT2D eigenvalue weighted by molar-refractivity contribution is -0.142. The number of nitrogens with zero attached hydrogens (tertiary/aromatic N) is 3. The second-order valence-corrected chi connectivity index (χ2v) is 5.32. The van der Waals surface area contributed by atoms with Gasteiger partial charge >= 0.3 is 0 Å². The first-order valence-electron chi connectivity index (χ1n) is 6.84. The van der Waals surface area contributed by atoms with Crippen molar-refractivity contribution < 1.29 is 9.59 Å². The zero-order valence-corrected chi connectivity index (χ0v) is 11.4. The summed E-state index contributed by atoms with van der Waals surface area (Å²) in [6, 6.07) is 0.0580. The molecule has 0 N–H and O–H groups in total. The van der Waals surface area contributed by atoms with Crippen molar-refractivity contribution in [2.75, 3.05) is 39.8 Å². The van der Waals surface area contributed by atoms with Crippen molar-refractivity contribution in [2.45, 2.75) is 32.2 Å². The van der Waals surface area contributed by atoms with Crippen LogP contribution in [0.15, 0.2) is 0 Å². The Morgan fingerprint density at radius 3 is 2.11 bits per heavy atom. The van der Waals surface area contributed by atoms with E-state index >= 15 is 0 Å². The fourth-order valence-corrected chi connectivity index (χ4v) is 2.84. The van der Waals surface area contributed by atoms with Crippen molar-refractivity contribution in [3.63, 3.8) is 0 Å². The maximum absolute atomic E-state index is 12.4. The van der Waals surface area contributed by atoms with E-state index in [9.17, 15) is 9.59 Å². The molecule has 0 saturated carbocycles. The van der Waals surface area contributed by atoms with E-state index in [0.717, 1.165) is 19.4 Å². The van der Waals surface area contributed by atoms with Crippen LogP contribution in [0, 0.1) is 0 Å². The fraction of sp³-hybridized carbons (Fsp3) is 0.846. The minimum Gasteiger partial charge on any atom is -0.339 e. The lowest BCUT2D eigenvalue weighted by atomic mass is 10.0. The third-order valence-corrected chi connectivity index (χ3v) is 4.09. The van der Waals surface area contributed by atoms with Crippen LogP contribution >= 0.6 is 0 Å². The molecule has 2 heterocycles. The Kier molecular flexibility index (Phi) is 4.22. The lowest BCUT2D eigenvalue weighted by Gasteiger charge is -2.39. The third kappa shape index (κ3) is 2.83. The topological polar surface area (TPSA) is 43.9 Å². The number of amides is 2. The molecular formula is C13H23N3O2. The minimum atomic E-state index is 0.0580. The molecule has 5 heteroatoms. The number of hydrogen-bond donors (Lipinski definition) is 0. The highest BCUT2D eigenvalue weighted by atomic mass is 16.2. The van der Waals surface area contributed by atoms with Gasteiger partial charge in [0.2, 0.25) is 11.8 Å². The lowest BCUT2D eigenvalue weighted by Crippen LogP contribution is -2.55. The van der Waals surface area contributed by atoms with Gasteiger partial charge in [0.25, 0.3) is 0 Å². The summed E-state index contributed by atoms with van der Waals surface area (Å²) in [5.41, 5.74) is 0. The average molecular weight is 253 g/mol. The number of piperidine rings is 1. The normalized spacial score (nSPS) is 26.2. The molecule has 0 aromatic rings. The van der Waals surface area contributed by atoms with Crippen molar-refractivity contribution in [2.24, 2.45) is 0 Å². The van der Waals surface area contributed by atoms with Gasteiger partial charge < -0.3 is 9.80 Å². The van der Waals surface area contributed by atoms with Crippen LogP contribution in [0.1, 0.15) is 26.2 Å². The Bertz CT molecular complexity index is 324. The van der Waals surface area contributed by atoms with Gasteiger partial charge in [0, 0.05) is 33.1 Å². The monoisotopic (exact) mass is 253 g/mol. The van der Waals surface area contributed by atoms with E-state index in [1.165, 1.54) is 6.42 Å². The predicted octanol–water partition coefficient (Wildman–Crippen LogP) is 0.161. The van der Waals surface area contributed by atoms with E-state index in [4.69, 9.17) is 0 Å². The van der Waals surface area contributed by atoms with E-state index < -0.39 is 0 Å². The number of carbonyl (C=O) groups excluding carboxylic acids is 2. The van der Waals surface area contributed by atoms with E-state index in [0.29, 0.717) is 26.2 Å². The quantitative estimate of drug-likeness (QED) is 0.669. The Balaban J connectivity index is 1.88. The SMILES string of the molecule is CC(=O)N1CCN(C(=O)C2CCCCN2C)CC1. The zero-order valence-electron chi connectivity index (χ0n) is 11.4. The molecule has 5 nitrogen and oxygen atoms in total. The van der Waals surface area contributed by atoms with Gasteiger partial charge in [-0.25, -0.2) is 0 Å². The van der Waals surface area contributed by atoms with Gasteiger partial charge in [-0.2, -0.15) is 0 Å². The van der Waals surface area contributed by atoms with Gasteiger partial charge in [-0.15, -0.1) is 0 Å². The van der Waals surface area contributed by atoms with Crippen molar-refractivity contribution in [3.05, 3.63) is 0 Å². The third-order valence-electron chi connectivity index (χ3n) is 4.09. The highest BCUT2D eigenvalue weighted by molar-refractivity contribution is 5.82. The first kappa shape index (κ1) is 13.3. The van der Waals surface area contributed by atoms with Crippen LogP contribution in [-0.2, 0) is 9.59 Å². The van der Waals surface area contributed by atoms with Crippen LogP contribution in [0.2, 0.25) is 0 Å². The summed E-state index contributed by atoms with van der Waals surface area (Å²) in [6.07, 6.45) is 3.31. The summed E-state index contributed by atoms with van der Waals surface area (Å²) >= 11 is 0. The second-order valence-electron chi connectivity index (χ2n) is 5.32. The number of hydrogen-bond acceptors (Lipinski definition) is 3. The summed E-state index contributed by atoms with van der Waals surface area (Å²) < 4.78 is 0. The molecule has 102 valence electrons. The van der Waals surface area contributed by atoms with Gasteiger partial charge in [0.05, 0.1) is 6.04 Å². The molecule has 0 spiro atoms. The van der Waals surface area contributed by atoms with Crippen LogP contribution in [0.5, 0.6) is 0 Å². The molecule has 2 aliphatic rings. The van der Waals surface area contributed by atoms with Gasteiger partial charge in [-0.1, -0.05) is 6.42 Å². The molecule has 2 amide bonds.